The molecule has 1 aliphatic heterocycles. The number of carbonyl (C=O) groups excluding carboxylic acids is 1. The van der Waals surface area contributed by atoms with Crippen LogP contribution in [0.5, 0.6) is 5.75 Å². The second-order valence-electron chi connectivity index (χ2n) is 8.73. The molecule has 31 heavy (non-hydrogen) atoms. The molecule has 2 aliphatic rings. The molecule has 3 atom stereocenters. The number of hydrogen-bond donors (Lipinski definition) is 1. The number of nitrogens with one attached hydrogen (secondary N) is 1. The zero-order valence-corrected chi connectivity index (χ0v) is 19.7. The summed E-state index contributed by atoms with van der Waals surface area (Å²) in [4.78, 5) is 16.3. The summed E-state index contributed by atoms with van der Waals surface area (Å²) in [6.45, 7) is 3.54. The minimum absolute atomic E-state index is 0.108. The van der Waals surface area contributed by atoms with Crippen molar-refractivity contribution in [3.8, 4) is 5.75 Å². The molecule has 1 fully saturated rings. The fourth-order valence-electron chi connectivity index (χ4n) is 4.78. The summed E-state index contributed by atoms with van der Waals surface area (Å²) in [5.74, 6) is 0.606. The molecule has 1 unspecified atom stereocenters. The molecular formula is C24H29Cl2N3O2. The van der Waals surface area contributed by atoms with E-state index in [1.807, 2.05) is 36.4 Å². The molecule has 0 bridgehead atoms. The Morgan fingerprint density at radius 3 is 2.77 bits per heavy atom. The standard InChI is InChI=1S/C24H29Cl2N3O2/c1-15(30)27-17-6-4-8-19(12-17)31-24-21-10-16(25)11-22(26)20(21)13-23(24)29-9-5-7-18(14-29)28(2)3/h4,6,8,10-12,18,23-24H,5,7,9,13-14H2,1-3H3,(H,27,30)/t18?,23-,24-/m0/s1. The maximum absolute atomic E-state index is 11.5. The van der Waals surface area contributed by atoms with Crippen LogP contribution in [0.4, 0.5) is 5.69 Å². The lowest BCUT2D eigenvalue weighted by Crippen LogP contribution is -2.51. The average molecular weight is 462 g/mol. The minimum Gasteiger partial charge on any atom is -0.484 e. The molecule has 1 saturated heterocycles. The Morgan fingerprint density at radius 2 is 2.03 bits per heavy atom. The van der Waals surface area contributed by atoms with E-state index in [0.29, 0.717) is 21.8 Å². The molecule has 1 amide bonds. The SMILES string of the molecule is CC(=O)Nc1cccc(O[C@H]2c3cc(Cl)cc(Cl)c3C[C@@H]2N2CCCC(N(C)C)C2)c1. The fraction of sp³-hybridized carbons (Fsp3) is 0.458. The molecule has 1 N–H and O–H groups in total. The summed E-state index contributed by atoms with van der Waals surface area (Å²) < 4.78 is 6.57. The van der Waals surface area contributed by atoms with Crippen molar-refractivity contribution in [2.75, 3.05) is 32.5 Å². The van der Waals surface area contributed by atoms with Crippen LogP contribution < -0.4 is 10.1 Å². The van der Waals surface area contributed by atoms with Gasteiger partial charge in [-0.1, -0.05) is 29.3 Å². The van der Waals surface area contributed by atoms with Crippen LogP contribution in [0.15, 0.2) is 36.4 Å². The Labute approximate surface area is 194 Å². The molecule has 0 aromatic heterocycles. The summed E-state index contributed by atoms with van der Waals surface area (Å²) in [6.07, 6.45) is 3.02. The van der Waals surface area contributed by atoms with Gasteiger partial charge in [0.1, 0.15) is 11.9 Å². The van der Waals surface area contributed by atoms with Gasteiger partial charge in [0.2, 0.25) is 5.91 Å². The van der Waals surface area contributed by atoms with Gasteiger partial charge in [-0.2, -0.15) is 0 Å². The van der Waals surface area contributed by atoms with Crippen molar-refractivity contribution in [3.05, 3.63) is 57.6 Å². The largest absolute Gasteiger partial charge is 0.484 e. The maximum Gasteiger partial charge on any atom is 0.221 e. The Balaban J connectivity index is 1.65. The normalized spacial score (nSPS) is 23.6. The predicted molar refractivity (Wildman–Crippen MR) is 126 cm³/mol. The van der Waals surface area contributed by atoms with Crippen molar-refractivity contribution in [1.29, 1.82) is 0 Å². The first-order chi connectivity index (χ1) is 14.8. The zero-order valence-electron chi connectivity index (χ0n) is 18.2. The number of rotatable bonds is 5. The van der Waals surface area contributed by atoms with Gasteiger partial charge < -0.3 is 15.0 Å². The van der Waals surface area contributed by atoms with Gasteiger partial charge in [0.15, 0.2) is 0 Å². The van der Waals surface area contributed by atoms with Crippen LogP contribution in [0, 0.1) is 0 Å². The number of halogens is 2. The first-order valence-electron chi connectivity index (χ1n) is 10.7. The van der Waals surface area contributed by atoms with E-state index in [0.717, 1.165) is 42.7 Å². The van der Waals surface area contributed by atoms with Gasteiger partial charge in [-0.05, 0) is 69.7 Å². The highest BCUT2D eigenvalue weighted by Crippen LogP contribution is 2.43. The first kappa shape index (κ1) is 22.4. The van der Waals surface area contributed by atoms with Crippen LogP contribution in [0.3, 0.4) is 0 Å². The third kappa shape index (κ3) is 5.01. The number of piperidine rings is 1. The number of nitrogens with zero attached hydrogens (tertiary/aromatic N) is 2. The number of amides is 1. The van der Waals surface area contributed by atoms with Gasteiger partial charge >= 0.3 is 0 Å². The molecule has 1 aliphatic carbocycles. The molecular weight excluding hydrogens is 433 g/mol. The summed E-state index contributed by atoms with van der Waals surface area (Å²) >= 11 is 13.0. The van der Waals surface area contributed by atoms with Crippen molar-refractivity contribution in [2.45, 2.75) is 44.4 Å². The molecule has 0 saturated carbocycles. The van der Waals surface area contributed by atoms with Gasteiger partial charge in [-0.25, -0.2) is 0 Å². The summed E-state index contributed by atoms with van der Waals surface area (Å²) in [7, 11) is 4.30. The molecule has 0 spiro atoms. The van der Waals surface area contributed by atoms with Crippen molar-refractivity contribution in [2.24, 2.45) is 0 Å². The summed E-state index contributed by atoms with van der Waals surface area (Å²) in [5.41, 5.74) is 2.89. The van der Waals surface area contributed by atoms with Crippen LogP contribution in [-0.4, -0.2) is 55.0 Å². The van der Waals surface area contributed by atoms with E-state index < -0.39 is 0 Å². The topological polar surface area (TPSA) is 44.8 Å². The highest BCUT2D eigenvalue weighted by molar-refractivity contribution is 6.35. The minimum atomic E-state index is -0.181. The van der Waals surface area contributed by atoms with Crippen LogP contribution in [-0.2, 0) is 11.2 Å². The van der Waals surface area contributed by atoms with E-state index in [9.17, 15) is 4.79 Å². The monoisotopic (exact) mass is 461 g/mol. The van der Waals surface area contributed by atoms with E-state index in [2.05, 4.69) is 29.2 Å². The molecule has 1 heterocycles. The zero-order chi connectivity index (χ0) is 22.1. The van der Waals surface area contributed by atoms with Crippen LogP contribution in [0.2, 0.25) is 10.0 Å². The highest BCUT2D eigenvalue weighted by atomic mass is 35.5. The lowest BCUT2D eigenvalue weighted by Gasteiger charge is -2.41. The number of fused-ring (bicyclic) bond motifs is 1. The third-order valence-corrected chi connectivity index (χ3v) is 6.86. The number of hydrogen-bond acceptors (Lipinski definition) is 4. The maximum atomic E-state index is 11.5. The molecule has 4 rings (SSSR count). The van der Waals surface area contributed by atoms with Crippen LogP contribution in [0.25, 0.3) is 0 Å². The van der Waals surface area contributed by atoms with Gasteiger partial charge in [-0.3, -0.25) is 9.69 Å². The second-order valence-corrected chi connectivity index (χ2v) is 9.57. The number of ether oxygens (including phenoxy) is 1. The lowest BCUT2D eigenvalue weighted by atomic mass is 10.0. The predicted octanol–water partition coefficient (Wildman–Crippen LogP) is 5.02. The summed E-state index contributed by atoms with van der Waals surface area (Å²) in [6, 6.07) is 12.0. The summed E-state index contributed by atoms with van der Waals surface area (Å²) in [5, 5.41) is 4.14. The molecule has 0 radical (unpaired) electrons. The number of benzene rings is 2. The van der Waals surface area contributed by atoms with E-state index >= 15 is 0 Å². The lowest BCUT2D eigenvalue weighted by molar-refractivity contribution is -0.114. The third-order valence-electron chi connectivity index (χ3n) is 6.31. The molecule has 2 aromatic carbocycles. The molecule has 7 heteroatoms. The van der Waals surface area contributed by atoms with E-state index in [-0.39, 0.29) is 18.1 Å². The van der Waals surface area contributed by atoms with E-state index in [1.165, 1.54) is 13.3 Å². The number of likely N-dealkylation sites (N-methyl/N-ethyl adjacent to an activating group) is 1. The first-order valence-corrected chi connectivity index (χ1v) is 11.5. The van der Waals surface area contributed by atoms with Crippen LogP contribution in [0.1, 0.15) is 37.0 Å². The van der Waals surface area contributed by atoms with Crippen molar-refractivity contribution >= 4 is 34.8 Å². The smallest absolute Gasteiger partial charge is 0.221 e. The quantitative estimate of drug-likeness (QED) is 0.678. The van der Waals surface area contributed by atoms with Gasteiger partial charge in [0, 0.05) is 46.9 Å². The number of likely N-dealkylation sites (tertiary alicyclic amines) is 1. The van der Waals surface area contributed by atoms with Crippen molar-refractivity contribution in [1.82, 2.24) is 9.80 Å². The average Bonchev–Trinajstić information content (AvgIpc) is 3.06. The van der Waals surface area contributed by atoms with Gasteiger partial charge in [0.05, 0.1) is 6.04 Å². The Hall–Kier alpha value is -1.79. The Morgan fingerprint density at radius 1 is 1.23 bits per heavy atom. The van der Waals surface area contributed by atoms with Gasteiger partial charge in [-0.15, -0.1) is 0 Å². The fourth-order valence-corrected chi connectivity index (χ4v) is 5.37. The van der Waals surface area contributed by atoms with Gasteiger partial charge in [0.25, 0.3) is 0 Å². The Bertz CT molecular complexity index is 966. The van der Waals surface area contributed by atoms with E-state index in [4.69, 9.17) is 27.9 Å². The number of anilines is 1. The molecule has 166 valence electrons. The Kier molecular flexibility index (Phi) is 6.77. The molecule has 5 nitrogen and oxygen atoms in total. The second kappa shape index (κ2) is 9.37. The van der Waals surface area contributed by atoms with Crippen molar-refractivity contribution in [3.63, 3.8) is 0 Å². The number of carbonyl (C=O) groups is 1. The van der Waals surface area contributed by atoms with E-state index in [1.54, 1.807) is 0 Å². The van der Waals surface area contributed by atoms with Crippen LogP contribution >= 0.6 is 23.2 Å². The van der Waals surface area contributed by atoms with Crippen molar-refractivity contribution < 1.29 is 9.53 Å². The molecule has 2 aromatic rings. The highest BCUT2D eigenvalue weighted by Gasteiger charge is 2.41.